The van der Waals surface area contributed by atoms with E-state index in [0.29, 0.717) is 11.7 Å². The predicted octanol–water partition coefficient (Wildman–Crippen LogP) is 5.14. The molecule has 1 amide bonds. The Morgan fingerprint density at radius 3 is 2.85 bits per heavy atom. The van der Waals surface area contributed by atoms with E-state index in [-0.39, 0.29) is 23.3 Å². The Labute approximate surface area is 203 Å². The molecule has 1 unspecified atom stereocenters. The van der Waals surface area contributed by atoms with Crippen molar-refractivity contribution >= 4 is 39.2 Å². The molecule has 2 aromatic heterocycles. The molecule has 0 saturated carbocycles. The zero-order valence-corrected chi connectivity index (χ0v) is 20.8. The second kappa shape index (κ2) is 11.2. The van der Waals surface area contributed by atoms with Crippen molar-refractivity contribution in [3.63, 3.8) is 0 Å². The summed E-state index contributed by atoms with van der Waals surface area (Å²) in [6, 6.07) is 10.4. The highest BCUT2D eigenvalue weighted by Gasteiger charge is 2.21. The number of thioether (sulfide) groups is 1. The summed E-state index contributed by atoms with van der Waals surface area (Å²) in [5.41, 5.74) is 2.47. The molecule has 0 radical (unpaired) electrons. The molecule has 0 saturated heterocycles. The number of amides is 1. The van der Waals surface area contributed by atoms with Gasteiger partial charge in [0.2, 0.25) is 5.91 Å². The van der Waals surface area contributed by atoms with Crippen LogP contribution in [-0.2, 0) is 30.6 Å². The van der Waals surface area contributed by atoms with Crippen LogP contribution in [-0.4, -0.2) is 27.3 Å². The van der Waals surface area contributed by atoms with Gasteiger partial charge < -0.3 is 5.32 Å². The maximum atomic E-state index is 13.4. The van der Waals surface area contributed by atoms with Gasteiger partial charge in [0.25, 0.3) is 5.56 Å². The lowest BCUT2D eigenvalue weighted by atomic mass is 10.1. The molecule has 1 aliphatic carbocycles. The number of hydrogen-bond acceptors (Lipinski definition) is 5. The maximum absolute atomic E-state index is 13.4. The van der Waals surface area contributed by atoms with Gasteiger partial charge in [0.05, 0.1) is 11.1 Å². The highest BCUT2D eigenvalue weighted by Crippen LogP contribution is 2.34. The Balaban J connectivity index is 1.45. The Hall–Kier alpha value is -2.38. The SMILES string of the molecule is C=CCn1c(SCC(=O)NC(C)CCc2ccccc2)nc2sc3c(c2c1=O)CCCCC3. The lowest BCUT2D eigenvalue weighted by Crippen LogP contribution is -2.34. The third-order valence-electron chi connectivity index (χ3n) is 6.05. The van der Waals surface area contributed by atoms with Crippen LogP contribution < -0.4 is 10.9 Å². The number of fused-ring (bicyclic) bond motifs is 3. The lowest BCUT2D eigenvalue weighted by Gasteiger charge is -2.14. The van der Waals surface area contributed by atoms with Crippen LogP contribution in [0.2, 0.25) is 0 Å². The molecule has 33 heavy (non-hydrogen) atoms. The molecule has 3 aromatic rings. The molecule has 1 atom stereocenters. The van der Waals surface area contributed by atoms with Gasteiger partial charge in [-0.25, -0.2) is 4.98 Å². The average Bonchev–Trinajstić information content (AvgIpc) is 3.00. The molecule has 0 spiro atoms. The highest BCUT2D eigenvalue weighted by atomic mass is 32.2. The molecular weight excluding hydrogens is 450 g/mol. The molecule has 4 rings (SSSR count). The maximum Gasteiger partial charge on any atom is 0.263 e. The van der Waals surface area contributed by atoms with Crippen LogP contribution >= 0.6 is 23.1 Å². The summed E-state index contributed by atoms with van der Waals surface area (Å²) < 4.78 is 1.67. The van der Waals surface area contributed by atoms with Crippen LogP contribution in [0.3, 0.4) is 0 Å². The first-order valence-electron chi connectivity index (χ1n) is 11.7. The summed E-state index contributed by atoms with van der Waals surface area (Å²) in [5.74, 6) is 0.192. The number of thiophene rings is 1. The Bertz CT molecular complexity index is 1180. The normalized spacial score (nSPS) is 14.5. The van der Waals surface area contributed by atoms with E-state index in [1.165, 1.54) is 40.6 Å². The number of aromatic nitrogens is 2. The van der Waals surface area contributed by atoms with Crippen molar-refractivity contribution in [2.24, 2.45) is 0 Å². The highest BCUT2D eigenvalue weighted by molar-refractivity contribution is 7.99. The smallest absolute Gasteiger partial charge is 0.263 e. The van der Waals surface area contributed by atoms with Crippen LogP contribution in [0.25, 0.3) is 10.2 Å². The fourth-order valence-electron chi connectivity index (χ4n) is 4.34. The fourth-order valence-corrected chi connectivity index (χ4v) is 6.47. The first-order valence-corrected chi connectivity index (χ1v) is 13.5. The second-order valence-corrected chi connectivity index (χ2v) is 10.7. The predicted molar refractivity (Wildman–Crippen MR) is 138 cm³/mol. The number of nitrogens with zero attached hydrogens (tertiary/aromatic N) is 2. The summed E-state index contributed by atoms with van der Waals surface area (Å²) in [6.45, 7) is 6.24. The first-order chi connectivity index (χ1) is 16.1. The van der Waals surface area contributed by atoms with E-state index in [4.69, 9.17) is 4.98 Å². The molecule has 1 N–H and O–H groups in total. The van der Waals surface area contributed by atoms with Crippen LogP contribution in [0, 0.1) is 0 Å². The molecule has 1 aliphatic rings. The van der Waals surface area contributed by atoms with Crippen LogP contribution in [0.15, 0.2) is 52.9 Å². The van der Waals surface area contributed by atoms with Gasteiger partial charge in [-0.05, 0) is 56.6 Å². The van der Waals surface area contributed by atoms with E-state index in [2.05, 4.69) is 24.0 Å². The van der Waals surface area contributed by atoms with Gasteiger partial charge >= 0.3 is 0 Å². The molecule has 0 fully saturated rings. The van der Waals surface area contributed by atoms with Crippen molar-refractivity contribution in [1.82, 2.24) is 14.9 Å². The summed E-state index contributed by atoms with van der Waals surface area (Å²) in [7, 11) is 0. The number of rotatable bonds is 9. The van der Waals surface area contributed by atoms with Crippen LogP contribution in [0.4, 0.5) is 0 Å². The molecule has 1 aromatic carbocycles. The molecule has 0 bridgehead atoms. The average molecular weight is 482 g/mol. The summed E-state index contributed by atoms with van der Waals surface area (Å²) >= 11 is 2.98. The van der Waals surface area contributed by atoms with Gasteiger partial charge in [-0.2, -0.15) is 0 Å². The minimum atomic E-state index is -0.0398. The van der Waals surface area contributed by atoms with E-state index < -0.39 is 0 Å². The fraction of sp³-hybridized carbons (Fsp3) is 0.423. The van der Waals surface area contributed by atoms with E-state index in [0.717, 1.165) is 42.3 Å². The number of carbonyl (C=O) groups is 1. The molecular formula is C26H31N3O2S2. The topological polar surface area (TPSA) is 64.0 Å². The molecule has 0 aliphatic heterocycles. The Morgan fingerprint density at radius 1 is 1.27 bits per heavy atom. The van der Waals surface area contributed by atoms with Gasteiger partial charge in [0, 0.05) is 17.5 Å². The van der Waals surface area contributed by atoms with E-state index in [1.54, 1.807) is 22.0 Å². The third kappa shape index (κ3) is 5.76. The molecule has 2 heterocycles. The van der Waals surface area contributed by atoms with Gasteiger partial charge in [0.1, 0.15) is 4.83 Å². The third-order valence-corrected chi connectivity index (χ3v) is 8.21. The standard InChI is InChI=1S/C26H31N3O2S2/c1-3-16-29-25(31)23-20-12-8-5-9-13-21(20)33-24(23)28-26(29)32-17-22(30)27-18(2)14-15-19-10-6-4-7-11-19/h3-4,6-7,10-11,18H,1,5,8-9,12-17H2,2H3,(H,27,30). The molecule has 7 heteroatoms. The van der Waals surface area contributed by atoms with Gasteiger partial charge in [0.15, 0.2) is 5.16 Å². The molecule has 5 nitrogen and oxygen atoms in total. The molecule has 174 valence electrons. The van der Waals surface area contributed by atoms with Crippen LogP contribution in [0.1, 0.15) is 48.6 Å². The summed E-state index contributed by atoms with van der Waals surface area (Å²) in [5, 5.41) is 4.45. The number of allylic oxidation sites excluding steroid dienone is 1. The largest absolute Gasteiger partial charge is 0.353 e. The van der Waals surface area contributed by atoms with Crippen molar-refractivity contribution in [2.75, 3.05) is 5.75 Å². The monoisotopic (exact) mass is 481 g/mol. The van der Waals surface area contributed by atoms with E-state index >= 15 is 0 Å². The second-order valence-electron chi connectivity index (χ2n) is 8.62. The van der Waals surface area contributed by atoms with Crippen molar-refractivity contribution in [3.8, 4) is 0 Å². The summed E-state index contributed by atoms with van der Waals surface area (Å²) in [4.78, 5) is 32.9. The quantitative estimate of drug-likeness (QED) is 0.199. The lowest BCUT2D eigenvalue weighted by molar-refractivity contribution is -0.119. The number of nitrogens with one attached hydrogen (secondary N) is 1. The number of aryl methyl sites for hydroxylation is 3. The number of carbonyl (C=O) groups excluding carboxylic acids is 1. The zero-order chi connectivity index (χ0) is 23.2. The minimum Gasteiger partial charge on any atom is -0.353 e. The van der Waals surface area contributed by atoms with E-state index in [1.807, 2.05) is 25.1 Å². The van der Waals surface area contributed by atoms with Crippen molar-refractivity contribution in [2.45, 2.75) is 69.6 Å². The zero-order valence-electron chi connectivity index (χ0n) is 19.1. The number of benzene rings is 1. The van der Waals surface area contributed by atoms with Crippen molar-refractivity contribution in [1.29, 1.82) is 0 Å². The first kappa shape index (κ1) is 23.8. The van der Waals surface area contributed by atoms with Crippen molar-refractivity contribution < 1.29 is 4.79 Å². The van der Waals surface area contributed by atoms with Crippen LogP contribution in [0.5, 0.6) is 0 Å². The minimum absolute atomic E-state index is 0.00145. The van der Waals surface area contributed by atoms with E-state index in [9.17, 15) is 9.59 Å². The van der Waals surface area contributed by atoms with Gasteiger partial charge in [-0.15, -0.1) is 17.9 Å². The van der Waals surface area contributed by atoms with Crippen molar-refractivity contribution in [3.05, 3.63) is 69.3 Å². The number of hydrogen-bond donors (Lipinski definition) is 1. The Kier molecular flexibility index (Phi) is 8.04. The van der Waals surface area contributed by atoms with Gasteiger partial charge in [-0.3, -0.25) is 14.2 Å². The summed E-state index contributed by atoms with van der Waals surface area (Å²) in [6.07, 6.45) is 9.02. The Morgan fingerprint density at radius 2 is 2.06 bits per heavy atom. The van der Waals surface area contributed by atoms with Gasteiger partial charge in [-0.1, -0.05) is 54.6 Å².